The number of thioether (sulfide) groups is 1. The van der Waals surface area contributed by atoms with Gasteiger partial charge in [-0.1, -0.05) is 6.07 Å². The molecular weight excluding hydrogens is 340 g/mol. The van der Waals surface area contributed by atoms with Crippen molar-refractivity contribution in [3.8, 4) is 0 Å². The van der Waals surface area contributed by atoms with Crippen LogP contribution in [0.5, 0.6) is 0 Å². The normalized spacial score (nSPS) is 12.4. The zero-order chi connectivity index (χ0) is 17.3. The van der Waals surface area contributed by atoms with Gasteiger partial charge in [0.1, 0.15) is 0 Å². The first-order valence-corrected chi connectivity index (χ1v) is 7.31. The van der Waals surface area contributed by atoms with Crippen LogP contribution in [0.25, 0.3) is 0 Å². The Morgan fingerprint density at radius 3 is 1.96 bits per heavy atom. The average molecular weight is 351 g/mol. The van der Waals surface area contributed by atoms with Gasteiger partial charge in [-0.3, -0.25) is 0 Å². The first kappa shape index (κ1) is 17.5. The number of anilines is 1. The third kappa shape index (κ3) is 4.57. The van der Waals surface area contributed by atoms with Crippen LogP contribution in [0.4, 0.5) is 32.0 Å². The molecule has 0 unspecified atom stereocenters. The molecule has 2 aromatic rings. The highest BCUT2D eigenvalue weighted by Gasteiger charge is 2.37. The summed E-state index contributed by atoms with van der Waals surface area (Å²) < 4.78 is 76.8. The van der Waals surface area contributed by atoms with Gasteiger partial charge < -0.3 is 5.73 Å². The maximum Gasteiger partial charge on any atom is 0.416 e. The third-order valence-electron chi connectivity index (χ3n) is 3.02. The van der Waals surface area contributed by atoms with Crippen molar-refractivity contribution in [3.05, 3.63) is 59.2 Å². The van der Waals surface area contributed by atoms with Crippen molar-refractivity contribution in [2.45, 2.75) is 23.0 Å². The van der Waals surface area contributed by atoms with E-state index < -0.39 is 23.5 Å². The molecule has 0 amide bonds. The number of nitrogens with two attached hydrogens (primary N) is 1. The number of hydrogen-bond acceptors (Lipinski definition) is 2. The molecule has 0 radical (unpaired) electrons. The lowest BCUT2D eigenvalue weighted by molar-refractivity contribution is -0.143. The fraction of sp³-hybridized carbons (Fsp3) is 0.200. The summed E-state index contributed by atoms with van der Waals surface area (Å²) in [7, 11) is 0. The Hall–Kier alpha value is -1.83. The van der Waals surface area contributed by atoms with Crippen molar-refractivity contribution in [2.75, 3.05) is 5.73 Å². The SMILES string of the molecule is Nc1ccc(SCc2ccc(C(F)(F)F)cc2C(F)(F)F)cc1. The monoisotopic (exact) mass is 351 g/mol. The first-order chi connectivity index (χ1) is 10.6. The summed E-state index contributed by atoms with van der Waals surface area (Å²) in [4.78, 5) is 0.673. The van der Waals surface area contributed by atoms with Gasteiger partial charge in [-0.05, 0) is 42.0 Å². The molecular formula is C15H11F6NS. The Morgan fingerprint density at radius 1 is 0.826 bits per heavy atom. The Morgan fingerprint density at radius 2 is 1.43 bits per heavy atom. The standard InChI is InChI=1S/C15H11F6NS/c16-14(17,18)10-2-1-9(13(7-10)15(19,20)21)8-23-12-5-3-11(22)4-6-12/h1-7H,8,22H2. The maximum atomic E-state index is 13.0. The van der Waals surface area contributed by atoms with E-state index in [4.69, 9.17) is 5.73 Å². The predicted molar refractivity (Wildman–Crippen MR) is 76.9 cm³/mol. The number of hydrogen-bond donors (Lipinski definition) is 1. The van der Waals surface area contributed by atoms with E-state index in [1.54, 1.807) is 24.3 Å². The minimum Gasteiger partial charge on any atom is -0.399 e. The molecule has 0 aliphatic rings. The number of halogens is 6. The van der Waals surface area contributed by atoms with Crippen molar-refractivity contribution in [2.24, 2.45) is 0 Å². The van der Waals surface area contributed by atoms with E-state index in [0.717, 1.165) is 17.8 Å². The Balaban J connectivity index is 2.28. The second-order valence-corrected chi connectivity index (χ2v) is 5.77. The zero-order valence-electron chi connectivity index (χ0n) is 11.5. The van der Waals surface area contributed by atoms with Crippen molar-refractivity contribution in [1.82, 2.24) is 0 Å². The van der Waals surface area contributed by atoms with Crippen LogP contribution in [-0.4, -0.2) is 0 Å². The summed E-state index contributed by atoms with van der Waals surface area (Å²) in [6.45, 7) is 0. The summed E-state index contributed by atoms with van der Waals surface area (Å²) in [6, 6.07) is 8.15. The molecule has 2 aromatic carbocycles. The van der Waals surface area contributed by atoms with Crippen molar-refractivity contribution in [3.63, 3.8) is 0 Å². The molecule has 8 heteroatoms. The van der Waals surface area contributed by atoms with Gasteiger partial charge in [-0.25, -0.2) is 0 Å². The Kier molecular flexibility index (Phi) is 4.84. The molecule has 0 heterocycles. The second kappa shape index (κ2) is 6.35. The van der Waals surface area contributed by atoms with Crippen molar-refractivity contribution < 1.29 is 26.3 Å². The van der Waals surface area contributed by atoms with E-state index in [1.165, 1.54) is 0 Å². The van der Waals surface area contributed by atoms with E-state index in [1.807, 2.05) is 0 Å². The second-order valence-electron chi connectivity index (χ2n) is 4.73. The van der Waals surface area contributed by atoms with E-state index >= 15 is 0 Å². The quantitative estimate of drug-likeness (QED) is 0.443. The summed E-state index contributed by atoms with van der Waals surface area (Å²) in [5, 5.41) is 0. The maximum absolute atomic E-state index is 13.0. The smallest absolute Gasteiger partial charge is 0.399 e. The van der Waals surface area contributed by atoms with E-state index in [9.17, 15) is 26.3 Å². The third-order valence-corrected chi connectivity index (χ3v) is 4.08. The molecule has 0 saturated carbocycles. The molecule has 0 fully saturated rings. The predicted octanol–water partition coefficient (Wildman–Crippen LogP) is 5.60. The lowest BCUT2D eigenvalue weighted by Gasteiger charge is -2.15. The van der Waals surface area contributed by atoms with Crippen molar-refractivity contribution in [1.29, 1.82) is 0 Å². The number of alkyl halides is 6. The van der Waals surface area contributed by atoms with Crippen molar-refractivity contribution >= 4 is 17.4 Å². The zero-order valence-corrected chi connectivity index (χ0v) is 12.3. The van der Waals surface area contributed by atoms with Gasteiger partial charge in [-0.2, -0.15) is 26.3 Å². The van der Waals surface area contributed by atoms with Crippen LogP contribution in [0, 0.1) is 0 Å². The number of benzene rings is 2. The lowest BCUT2D eigenvalue weighted by atomic mass is 10.0. The topological polar surface area (TPSA) is 26.0 Å². The van der Waals surface area contributed by atoms with Crippen LogP contribution < -0.4 is 5.73 Å². The summed E-state index contributed by atoms with van der Waals surface area (Å²) in [6.07, 6.45) is -9.67. The fourth-order valence-corrected chi connectivity index (χ4v) is 2.77. The molecule has 0 saturated heterocycles. The summed E-state index contributed by atoms with van der Waals surface area (Å²) >= 11 is 1.09. The van der Waals surface area contributed by atoms with Gasteiger partial charge in [0.15, 0.2) is 0 Å². The highest BCUT2D eigenvalue weighted by molar-refractivity contribution is 7.98. The van der Waals surface area contributed by atoms with Gasteiger partial charge in [-0.15, -0.1) is 11.8 Å². The van der Waals surface area contributed by atoms with Crippen LogP contribution in [0.1, 0.15) is 16.7 Å². The molecule has 23 heavy (non-hydrogen) atoms. The molecule has 124 valence electrons. The first-order valence-electron chi connectivity index (χ1n) is 6.33. The molecule has 1 nitrogen and oxygen atoms in total. The van der Waals surface area contributed by atoms with Crippen LogP contribution in [0.3, 0.4) is 0 Å². The van der Waals surface area contributed by atoms with Gasteiger partial charge in [0.05, 0.1) is 11.1 Å². The summed E-state index contributed by atoms with van der Waals surface area (Å²) in [5.41, 5.74) is 3.24. The minimum atomic E-state index is -4.85. The lowest BCUT2D eigenvalue weighted by Crippen LogP contribution is -2.13. The van der Waals surface area contributed by atoms with E-state index in [-0.39, 0.29) is 17.4 Å². The average Bonchev–Trinajstić information content (AvgIpc) is 2.44. The highest BCUT2D eigenvalue weighted by atomic mass is 32.2. The minimum absolute atomic E-state index is 0.100. The molecule has 2 rings (SSSR count). The van der Waals surface area contributed by atoms with Crippen LogP contribution in [-0.2, 0) is 18.1 Å². The molecule has 0 spiro atoms. The number of rotatable bonds is 3. The van der Waals surface area contributed by atoms with Crippen LogP contribution in [0.2, 0.25) is 0 Å². The molecule has 0 bridgehead atoms. The fourth-order valence-electron chi connectivity index (χ4n) is 1.87. The van der Waals surface area contributed by atoms with Gasteiger partial charge >= 0.3 is 12.4 Å². The van der Waals surface area contributed by atoms with Gasteiger partial charge in [0, 0.05) is 16.3 Å². The Labute approximate surface area is 132 Å². The number of nitrogen functional groups attached to an aromatic ring is 1. The van der Waals surface area contributed by atoms with Crippen LogP contribution in [0.15, 0.2) is 47.4 Å². The van der Waals surface area contributed by atoms with Gasteiger partial charge in [0.2, 0.25) is 0 Å². The van der Waals surface area contributed by atoms with Gasteiger partial charge in [0.25, 0.3) is 0 Å². The molecule has 2 N–H and O–H groups in total. The molecule has 0 aromatic heterocycles. The Bertz CT molecular complexity index is 676. The van der Waals surface area contributed by atoms with Crippen LogP contribution >= 0.6 is 11.8 Å². The van der Waals surface area contributed by atoms with E-state index in [2.05, 4.69) is 0 Å². The highest BCUT2D eigenvalue weighted by Crippen LogP contribution is 2.39. The molecule has 0 aliphatic heterocycles. The molecule has 0 atom stereocenters. The largest absolute Gasteiger partial charge is 0.416 e. The molecule has 0 aliphatic carbocycles. The summed E-state index contributed by atoms with van der Waals surface area (Å²) in [5.74, 6) is -0.100. The van der Waals surface area contributed by atoms with E-state index in [0.29, 0.717) is 16.6 Å².